The lowest BCUT2D eigenvalue weighted by molar-refractivity contribution is 0.801. The van der Waals surface area contributed by atoms with Crippen molar-refractivity contribution >= 4 is 10.9 Å². The Morgan fingerprint density at radius 2 is 0.755 bits per heavy atom. The number of pyridine rings is 1. The summed E-state index contributed by atoms with van der Waals surface area (Å²) in [5.74, 6) is 1.84. The van der Waals surface area contributed by atoms with Crippen LogP contribution in [0.3, 0.4) is 0 Å². The van der Waals surface area contributed by atoms with Crippen molar-refractivity contribution in [1.29, 1.82) is 0 Å². The van der Waals surface area contributed by atoms with Gasteiger partial charge in [-0.2, -0.15) is 0 Å². The molecule has 7 aromatic carbocycles. The first kappa shape index (κ1) is 29.7. The van der Waals surface area contributed by atoms with Gasteiger partial charge in [-0.1, -0.05) is 176 Å². The Balaban J connectivity index is 1.30. The molecule has 0 radical (unpaired) electrons. The third-order valence-electron chi connectivity index (χ3n) is 10.9. The zero-order valence-electron chi connectivity index (χ0n) is 28.6. The van der Waals surface area contributed by atoms with Gasteiger partial charge >= 0.3 is 0 Å². The fraction of sp³-hybridized carbons (Fsp3) is 0.0204. The molecular formula is C49H30N4. The Bertz CT molecular complexity index is 2780. The van der Waals surface area contributed by atoms with Crippen LogP contribution >= 0.6 is 0 Å². The summed E-state index contributed by atoms with van der Waals surface area (Å²) in [6.45, 7) is 0. The molecule has 0 fully saturated rings. The maximum atomic E-state index is 5.66. The Morgan fingerprint density at radius 1 is 0.321 bits per heavy atom. The number of nitrogens with zero attached hydrogens (tertiary/aromatic N) is 4. The molecule has 2 heterocycles. The number of para-hydroxylation sites is 1. The molecule has 2 aromatic heterocycles. The third-order valence-corrected chi connectivity index (χ3v) is 10.9. The van der Waals surface area contributed by atoms with Gasteiger partial charge in [0.25, 0.3) is 0 Å². The molecule has 2 aliphatic rings. The van der Waals surface area contributed by atoms with Gasteiger partial charge in [-0.3, -0.25) is 0 Å². The summed E-state index contributed by atoms with van der Waals surface area (Å²) in [6, 6.07) is 64.2. The third kappa shape index (κ3) is 4.24. The second-order valence-electron chi connectivity index (χ2n) is 13.7. The Hall–Kier alpha value is -7.04. The zero-order chi connectivity index (χ0) is 34.9. The number of hydrogen-bond acceptors (Lipinski definition) is 4. The summed E-state index contributed by atoms with van der Waals surface area (Å²) in [4.78, 5) is 21.0. The highest BCUT2D eigenvalue weighted by Crippen LogP contribution is 2.65. The van der Waals surface area contributed by atoms with E-state index in [4.69, 9.17) is 19.9 Å². The fourth-order valence-corrected chi connectivity index (χ4v) is 8.81. The van der Waals surface area contributed by atoms with Crippen LogP contribution in [0.25, 0.3) is 78.6 Å². The maximum absolute atomic E-state index is 5.66. The van der Waals surface area contributed by atoms with E-state index in [1.54, 1.807) is 0 Å². The molecule has 1 spiro atoms. The molecule has 0 aliphatic heterocycles. The number of aromatic nitrogens is 4. The largest absolute Gasteiger partial charge is 0.246 e. The van der Waals surface area contributed by atoms with Crippen molar-refractivity contribution in [2.75, 3.05) is 0 Å². The van der Waals surface area contributed by atoms with Gasteiger partial charge in [0.15, 0.2) is 17.5 Å². The first-order valence-electron chi connectivity index (χ1n) is 18.0. The van der Waals surface area contributed by atoms with E-state index < -0.39 is 5.41 Å². The van der Waals surface area contributed by atoms with Crippen molar-refractivity contribution < 1.29 is 0 Å². The molecule has 9 aromatic rings. The molecular weight excluding hydrogens is 645 g/mol. The normalized spacial score (nSPS) is 13.1. The first-order valence-corrected chi connectivity index (χ1v) is 18.0. The van der Waals surface area contributed by atoms with Gasteiger partial charge in [0.2, 0.25) is 0 Å². The Morgan fingerprint density at radius 3 is 1.32 bits per heavy atom. The summed E-state index contributed by atoms with van der Waals surface area (Å²) >= 11 is 0. The molecule has 0 saturated heterocycles. The van der Waals surface area contributed by atoms with E-state index in [1.165, 1.54) is 44.5 Å². The van der Waals surface area contributed by atoms with Gasteiger partial charge in [-0.15, -0.1) is 0 Å². The van der Waals surface area contributed by atoms with Crippen molar-refractivity contribution in [3.8, 4) is 67.7 Å². The molecule has 2 aliphatic carbocycles. The second-order valence-corrected chi connectivity index (χ2v) is 13.7. The predicted octanol–water partition coefficient (Wildman–Crippen LogP) is 11.4. The van der Waals surface area contributed by atoms with Crippen LogP contribution < -0.4 is 0 Å². The van der Waals surface area contributed by atoms with Gasteiger partial charge in [0.1, 0.15) is 0 Å². The van der Waals surface area contributed by atoms with E-state index in [-0.39, 0.29) is 0 Å². The van der Waals surface area contributed by atoms with E-state index in [2.05, 4.69) is 121 Å². The number of rotatable bonds is 4. The Labute approximate surface area is 307 Å². The highest BCUT2D eigenvalue weighted by Gasteiger charge is 2.53. The van der Waals surface area contributed by atoms with Gasteiger partial charge < -0.3 is 0 Å². The topological polar surface area (TPSA) is 51.6 Å². The molecule has 0 bridgehead atoms. The zero-order valence-corrected chi connectivity index (χ0v) is 28.6. The second kappa shape index (κ2) is 11.5. The summed E-state index contributed by atoms with van der Waals surface area (Å²) in [6.07, 6.45) is 0. The molecule has 53 heavy (non-hydrogen) atoms. The quantitative estimate of drug-likeness (QED) is 0.186. The van der Waals surface area contributed by atoms with Crippen LogP contribution in [0.5, 0.6) is 0 Å². The maximum Gasteiger partial charge on any atom is 0.166 e. The summed E-state index contributed by atoms with van der Waals surface area (Å²) in [5, 5.41) is 1.09. The standard InChI is InChI=1S/C49H30N4/c1-4-17-31(18-5-1)44-42-36-25-12-15-30-41(36)49(39-28-13-10-23-34(39)35-24-11-14-29-40(35)49)43(42)37-26-16-27-38(45(37)50-44)48-52-46(32-19-6-2-7-20-32)51-47(53-48)33-21-8-3-9-22-33/h1-30H. The minimum absolute atomic E-state index is 0.550. The van der Waals surface area contributed by atoms with E-state index in [0.717, 1.165) is 38.9 Å². The van der Waals surface area contributed by atoms with Crippen LogP contribution in [-0.4, -0.2) is 19.9 Å². The number of fused-ring (bicyclic) bond motifs is 12. The lowest BCUT2D eigenvalue weighted by Gasteiger charge is -2.31. The van der Waals surface area contributed by atoms with Crippen LogP contribution in [0, 0.1) is 0 Å². The summed E-state index contributed by atoms with van der Waals surface area (Å²) in [5.41, 5.74) is 15.1. The van der Waals surface area contributed by atoms with E-state index in [1.807, 2.05) is 60.7 Å². The van der Waals surface area contributed by atoms with Crippen LogP contribution in [0.4, 0.5) is 0 Å². The SMILES string of the molecule is c1ccc(-c2nc(-c3ccccc3)nc(-c3cccc4c5c(c(-c6ccccc6)nc34)-c3ccccc3C53c4ccccc4-c4ccccc43)n2)cc1. The molecule has 246 valence electrons. The average molecular weight is 675 g/mol. The van der Waals surface area contributed by atoms with Gasteiger partial charge in [0.05, 0.1) is 16.6 Å². The van der Waals surface area contributed by atoms with E-state index >= 15 is 0 Å². The highest BCUT2D eigenvalue weighted by atomic mass is 15.0. The smallest absolute Gasteiger partial charge is 0.166 e. The molecule has 4 nitrogen and oxygen atoms in total. The molecule has 0 unspecified atom stereocenters. The monoisotopic (exact) mass is 674 g/mol. The van der Waals surface area contributed by atoms with Gasteiger partial charge in [-0.25, -0.2) is 19.9 Å². The number of hydrogen-bond donors (Lipinski definition) is 0. The van der Waals surface area contributed by atoms with Crippen molar-refractivity contribution in [1.82, 2.24) is 19.9 Å². The lowest BCUT2D eigenvalue weighted by Crippen LogP contribution is -2.26. The lowest BCUT2D eigenvalue weighted by atomic mass is 9.69. The molecule has 0 amide bonds. The van der Waals surface area contributed by atoms with Crippen molar-refractivity contribution in [3.05, 3.63) is 204 Å². The fourth-order valence-electron chi connectivity index (χ4n) is 8.81. The first-order chi connectivity index (χ1) is 26.3. The number of benzene rings is 7. The van der Waals surface area contributed by atoms with E-state index in [9.17, 15) is 0 Å². The van der Waals surface area contributed by atoms with Crippen molar-refractivity contribution in [3.63, 3.8) is 0 Å². The van der Waals surface area contributed by atoms with Crippen LogP contribution in [-0.2, 0) is 5.41 Å². The molecule has 11 rings (SSSR count). The highest BCUT2D eigenvalue weighted by molar-refractivity contribution is 6.09. The van der Waals surface area contributed by atoms with Crippen molar-refractivity contribution in [2.24, 2.45) is 0 Å². The van der Waals surface area contributed by atoms with Crippen LogP contribution in [0.1, 0.15) is 22.3 Å². The summed E-state index contributed by atoms with van der Waals surface area (Å²) in [7, 11) is 0. The van der Waals surface area contributed by atoms with Gasteiger partial charge in [0, 0.05) is 33.2 Å². The van der Waals surface area contributed by atoms with Gasteiger partial charge in [-0.05, 0) is 45.0 Å². The molecule has 4 heteroatoms. The Kier molecular flexibility index (Phi) is 6.43. The van der Waals surface area contributed by atoms with Crippen LogP contribution in [0.2, 0.25) is 0 Å². The minimum atomic E-state index is -0.550. The molecule has 0 atom stereocenters. The van der Waals surface area contributed by atoms with Crippen molar-refractivity contribution in [2.45, 2.75) is 5.41 Å². The average Bonchev–Trinajstić information content (AvgIpc) is 3.72. The minimum Gasteiger partial charge on any atom is -0.246 e. The van der Waals surface area contributed by atoms with Crippen LogP contribution in [0.15, 0.2) is 182 Å². The summed E-state index contributed by atoms with van der Waals surface area (Å²) < 4.78 is 0. The molecule has 0 N–H and O–H groups in total. The molecule has 0 saturated carbocycles. The predicted molar refractivity (Wildman–Crippen MR) is 213 cm³/mol. The van der Waals surface area contributed by atoms with E-state index in [0.29, 0.717) is 17.5 Å².